The van der Waals surface area contributed by atoms with E-state index in [9.17, 15) is 19.8 Å². The highest BCUT2D eigenvalue weighted by Crippen LogP contribution is 2.20. The Bertz CT molecular complexity index is 1240. The van der Waals surface area contributed by atoms with Gasteiger partial charge in [-0.25, -0.2) is 0 Å². The van der Waals surface area contributed by atoms with Crippen molar-refractivity contribution in [1.82, 2.24) is 5.32 Å². The van der Waals surface area contributed by atoms with Crippen molar-refractivity contribution in [2.45, 2.75) is 450 Å². The van der Waals surface area contributed by atoms with Gasteiger partial charge in [0.15, 0.2) is 0 Å². The van der Waals surface area contributed by atoms with Crippen molar-refractivity contribution < 1.29 is 24.5 Å². The molecule has 0 spiro atoms. The van der Waals surface area contributed by atoms with Crippen molar-refractivity contribution in [1.29, 1.82) is 0 Å². The molecule has 1 amide bonds. The van der Waals surface area contributed by atoms with E-state index < -0.39 is 12.1 Å². The maximum atomic E-state index is 12.6. The van der Waals surface area contributed by atoms with Crippen LogP contribution in [0.25, 0.3) is 0 Å². The Balaban J connectivity index is 3.36. The van der Waals surface area contributed by atoms with Gasteiger partial charge in [0.25, 0.3) is 0 Å². The van der Waals surface area contributed by atoms with E-state index in [1.165, 1.54) is 360 Å². The average Bonchev–Trinajstić information content (AvgIpc) is 3.48. The number of carbonyl (C=O) groups excluding carboxylic acids is 2. The molecule has 82 heavy (non-hydrogen) atoms. The zero-order valence-corrected chi connectivity index (χ0v) is 56.0. The molecule has 3 N–H and O–H groups in total. The lowest BCUT2D eigenvalue weighted by Crippen LogP contribution is -2.45. The van der Waals surface area contributed by atoms with Crippen LogP contribution in [0.2, 0.25) is 0 Å². The molecule has 0 aromatic carbocycles. The van der Waals surface area contributed by atoms with Gasteiger partial charge in [-0.05, 0) is 51.4 Å². The van der Waals surface area contributed by atoms with Gasteiger partial charge in [-0.15, -0.1) is 0 Å². The monoisotopic (exact) mass is 1160 g/mol. The molecule has 0 saturated heterocycles. The number of allylic oxidation sites excluding steroid dienone is 2. The Morgan fingerprint density at radius 2 is 0.573 bits per heavy atom. The molecule has 488 valence electrons. The topological polar surface area (TPSA) is 95.9 Å². The van der Waals surface area contributed by atoms with Crippen LogP contribution < -0.4 is 5.32 Å². The van der Waals surface area contributed by atoms with Crippen LogP contribution in [0.5, 0.6) is 0 Å². The Morgan fingerprint density at radius 3 is 0.866 bits per heavy atom. The van der Waals surface area contributed by atoms with E-state index in [1.54, 1.807) is 0 Å². The SMILES string of the molecule is CCCCCCCC/C=C\CCCCCCCCCC(=O)OCCCCCCCCCCCCCCCCCCCCCCCCCCC(=O)NC(CO)C(O)CCCCCCCCCCCCCCCCCCCCCCCCCC. The molecule has 2 atom stereocenters. The maximum Gasteiger partial charge on any atom is 0.305 e. The summed E-state index contributed by atoms with van der Waals surface area (Å²) < 4.78 is 5.51. The predicted octanol–water partition coefficient (Wildman–Crippen LogP) is 24.7. The molecule has 2 unspecified atom stereocenters. The van der Waals surface area contributed by atoms with Gasteiger partial charge in [0, 0.05) is 12.8 Å². The third kappa shape index (κ3) is 67.7. The molecular formula is C76H149NO5. The summed E-state index contributed by atoms with van der Waals surface area (Å²) >= 11 is 0. The number of rotatable bonds is 72. The van der Waals surface area contributed by atoms with Gasteiger partial charge in [-0.2, -0.15) is 0 Å². The number of ether oxygens (including phenoxy) is 1. The molecule has 0 aromatic heterocycles. The number of esters is 1. The minimum absolute atomic E-state index is 0.0136. The molecule has 0 aliphatic rings. The third-order valence-electron chi connectivity index (χ3n) is 18.1. The van der Waals surface area contributed by atoms with Crippen LogP contribution in [0, 0.1) is 0 Å². The van der Waals surface area contributed by atoms with Crippen LogP contribution in [0.15, 0.2) is 12.2 Å². The third-order valence-corrected chi connectivity index (χ3v) is 18.1. The standard InChI is InChI=1S/C76H149NO5/c1-3-5-7-9-11-13-15-17-19-21-22-23-24-27-30-33-37-40-44-48-52-56-60-64-68-74(79)73(72-78)77-75(80)69-65-61-57-53-49-45-41-38-34-31-28-25-26-29-32-35-39-43-47-51-55-59-63-67-71-82-76(81)70-66-62-58-54-50-46-42-36-20-18-16-14-12-10-8-6-4-2/h18,20,73-74,78-79H,3-17,19,21-72H2,1-2H3,(H,77,80)/b20-18-. The Kier molecular flexibility index (Phi) is 70.8. The fourth-order valence-electron chi connectivity index (χ4n) is 12.3. The van der Waals surface area contributed by atoms with Crippen molar-refractivity contribution in [3.63, 3.8) is 0 Å². The number of hydrogen-bond acceptors (Lipinski definition) is 5. The van der Waals surface area contributed by atoms with E-state index in [1.807, 2.05) is 0 Å². The summed E-state index contributed by atoms with van der Waals surface area (Å²) in [5.41, 5.74) is 0. The summed E-state index contributed by atoms with van der Waals surface area (Å²) in [6.45, 7) is 5.00. The van der Waals surface area contributed by atoms with E-state index in [-0.39, 0.29) is 18.5 Å². The van der Waals surface area contributed by atoms with Crippen molar-refractivity contribution in [3.8, 4) is 0 Å². The van der Waals surface area contributed by atoms with Gasteiger partial charge in [0.05, 0.1) is 25.4 Å². The Hall–Kier alpha value is -1.40. The molecular weight excluding hydrogens is 1010 g/mol. The minimum atomic E-state index is -0.665. The van der Waals surface area contributed by atoms with E-state index >= 15 is 0 Å². The van der Waals surface area contributed by atoms with Gasteiger partial charge >= 0.3 is 5.97 Å². The first-order valence-electron chi connectivity index (χ1n) is 37.9. The molecule has 0 fully saturated rings. The molecule has 0 aromatic rings. The van der Waals surface area contributed by atoms with Crippen LogP contribution in [0.1, 0.15) is 438 Å². The first-order valence-corrected chi connectivity index (χ1v) is 37.9. The largest absolute Gasteiger partial charge is 0.466 e. The highest BCUT2D eigenvalue weighted by atomic mass is 16.5. The van der Waals surface area contributed by atoms with Gasteiger partial charge in [-0.3, -0.25) is 9.59 Å². The number of carbonyl (C=O) groups is 2. The summed E-state index contributed by atoms with van der Waals surface area (Å²) in [6, 6.07) is -0.542. The fraction of sp³-hybridized carbons (Fsp3) is 0.947. The summed E-state index contributed by atoms with van der Waals surface area (Å²) in [7, 11) is 0. The Labute approximate surface area is 514 Å². The molecule has 0 rings (SSSR count). The van der Waals surface area contributed by atoms with E-state index in [2.05, 4.69) is 31.3 Å². The average molecular weight is 1160 g/mol. The quantitative estimate of drug-likeness (QED) is 0.0320. The van der Waals surface area contributed by atoms with Crippen LogP contribution in [0.3, 0.4) is 0 Å². The van der Waals surface area contributed by atoms with Crippen LogP contribution in [-0.4, -0.2) is 47.4 Å². The molecule has 6 heteroatoms. The first-order chi connectivity index (χ1) is 40.5. The highest BCUT2D eigenvalue weighted by Gasteiger charge is 2.20. The van der Waals surface area contributed by atoms with Gasteiger partial charge < -0.3 is 20.3 Å². The van der Waals surface area contributed by atoms with Crippen LogP contribution in [0.4, 0.5) is 0 Å². The smallest absolute Gasteiger partial charge is 0.305 e. The van der Waals surface area contributed by atoms with Gasteiger partial charge in [-0.1, -0.05) is 386 Å². The van der Waals surface area contributed by atoms with Crippen molar-refractivity contribution in [2.75, 3.05) is 13.2 Å². The summed E-state index contributed by atoms with van der Waals surface area (Å²) in [4.78, 5) is 24.7. The Morgan fingerprint density at radius 1 is 0.329 bits per heavy atom. The van der Waals surface area contributed by atoms with Crippen molar-refractivity contribution >= 4 is 11.9 Å². The highest BCUT2D eigenvalue weighted by molar-refractivity contribution is 5.76. The maximum absolute atomic E-state index is 12.6. The molecule has 0 bridgehead atoms. The number of hydrogen-bond donors (Lipinski definition) is 3. The number of unbranched alkanes of at least 4 members (excludes halogenated alkanes) is 59. The van der Waals surface area contributed by atoms with E-state index in [0.717, 1.165) is 44.9 Å². The zero-order valence-electron chi connectivity index (χ0n) is 56.0. The second kappa shape index (κ2) is 72.1. The lowest BCUT2D eigenvalue weighted by molar-refractivity contribution is -0.143. The van der Waals surface area contributed by atoms with E-state index in [0.29, 0.717) is 25.9 Å². The predicted molar refractivity (Wildman–Crippen MR) is 361 cm³/mol. The lowest BCUT2D eigenvalue weighted by Gasteiger charge is -2.22. The van der Waals surface area contributed by atoms with Crippen molar-refractivity contribution in [3.05, 3.63) is 12.2 Å². The summed E-state index contributed by atoms with van der Waals surface area (Å²) in [6.07, 6.45) is 89.9. The zero-order chi connectivity index (χ0) is 59.2. The molecule has 0 heterocycles. The molecule has 0 aliphatic heterocycles. The second-order valence-electron chi connectivity index (χ2n) is 26.3. The van der Waals surface area contributed by atoms with Crippen molar-refractivity contribution in [2.24, 2.45) is 0 Å². The molecule has 0 radical (unpaired) electrons. The normalized spacial score (nSPS) is 12.5. The number of aliphatic hydroxyl groups excluding tert-OH is 2. The molecule has 0 saturated carbocycles. The number of amides is 1. The fourth-order valence-corrected chi connectivity index (χ4v) is 12.3. The molecule has 6 nitrogen and oxygen atoms in total. The van der Waals surface area contributed by atoms with Gasteiger partial charge in [0.1, 0.15) is 0 Å². The minimum Gasteiger partial charge on any atom is -0.466 e. The van der Waals surface area contributed by atoms with E-state index in [4.69, 9.17) is 4.74 Å². The molecule has 0 aliphatic carbocycles. The second-order valence-corrected chi connectivity index (χ2v) is 26.3. The number of aliphatic hydroxyl groups is 2. The summed E-state index contributed by atoms with van der Waals surface area (Å²) in [5, 5.41) is 23.5. The van der Waals surface area contributed by atoms with Crippen LogP contribution >= 0.6 is 0 Å². The lowest BCUT2D eigenvalue weighted by atomic mass is 10.0. The summed E-state index contributed by atoms with van der Waals surface area (Å²) in [5.74, 6) is -0.0144. The van der Waals surface area contributed by atoms with Gasteiger partial charge in [0.2, 0.25) is 5.91 Å². The number of nitrogens with one attached hydrogen (secondary N) is 1. The van der Waals surface area contributed by atoms with Crippen LogP contribution in [-0.2, 0) is 14.3 Å². The first kappa shape index (κ1) is 80.6.